The fourth-order valence-electron chi connectivity index (χ4n) is 3.37. The minimum absolute atomic E-state index is 0.0506. The van der Waals surface area contributed by atoms with Crippen LogP contribution < -0.4 is 0 Å². The molecule has 0 aromatic heterocycles. The van der Waals surface area contributed by atoms with Crippen LogP contribution in [0, 0.1) is 40.9 Å². The van der Waals surface area contributed by atoms with Crippen molar-refractivity contribution in [2.24, 2.45) is 29.6 Å². The number of nitriles is 1. The Morgan fingerprint density at radius 3 is 2.71 bits per heavy atom. The molecular weight excluding hydrogens is 178 g/mol. The molecule has 5 unspecified atom stereocenters. The van der Waals surface area contributed by atoms with Gasteiger partial charge in [0.1, 0.15) is 0 Å². The first-order valence-corrected chi connectivity index (χ1v) is 5.16. The van der Waals surface area contributed by atoms with Crippen LogP contribution in [-0.2, 0) is 9.53 Å². The first-order chi connectivity index (χ1) is 6.69. The first kappa shape index (κ1) is 9.51. The molecule has 76 valence electrons. The third-order valence-electron chi connectivity index (χ3n) is 4.04. The Morgan fingerprint density at radius 1 is 1.50 bits per heavy atom. The number of nitrogens with zero attached hydrogens (tertiary/aromatic N) is 1. The quantitative estimate of drug-likeness (QED) is 0.594. The number of carbonyl (C=O) groups excluding carboxylic acids is 1. The van der Waals surface area contributed by atoms with E-state index in [1.54, 1.807) is 0 Å². The molecule has 0 aromatic rings. The average Bonchev–Trinajstić information content (AvgIpc) is 2.73. The Bertz CT molecular complexity index is 292. The number of hydrogen-bond acceptors (Lipinski definition) is 3. The lowest BCUT2D eigenvalue weighted by atomic mass is 9.75. The van der Waals surface area contributed by atoms with Crippen LogP contribution >= 0.6 is 0 Å². The molecule has 2 fully saturated rings. The zero-order valence-electron chi connectivity index (χ0n) is 8.56. The predicted molar refractivity (Wildman–Crippen MR) is 50.0 cm³/mol. The van der Waals surface area contributed by atoms with Crippen LogP contribution in [0.1, 0.15) is 19.8 Å². The highest BCUT2D eigenvalue weighted by atomic mass is 16.5. The fourth-order valence-corrected chi connectivity index (χ4v) is 3.37. The number of carbonyl (C=O) groups is 1. The van der Waals surface area contributed by atoms with E-state index in [1.807, 2.05) is 0 Å². The number of fused-ring (bicyclic) bond motifs is 2. The van der Waals surface area contributed by atoms with Gasteiger partial charge in [-0.15, -0.1) is 0 Å². The van der Waals surface area contributed by atoms with Gasteiger partial charge >= 0.3 is 5.97 Å². The first-order valence-electron chi connectivity index (χ1n) is 5.16. The van der Waals surface area contributed by atoms with Gasteiger partial charge in [0.25, 0.3) is 0 Å². The molecule has 0 heterocycles. The van der Waals surface area contributed by atoms with E-state index < -0.39 is 0 Å². The average molecular weight is 193 g/mol. The maximum absolute atomic E-state index is 11.5. The maximum atomic E-state index is 11.5. The van der Waals surface area contributed by atoms with Gasteiger partial charge in [0.15, 0.2) is 0 Å². The van der Waals surface area contributed by atoms with Crippen molar-refractivity contribution < 1.29 is 9.53 Å². The summed E-state index contributed by atoms with van der Waals surface area (Å²) in [6.07, 6.45) is 1.93. The standard InChI is InChI=1S/C11H15NO2/c1-6-9-4-7(3-8(9)5-12)10(6)11(13)14-2/h6-10H,3-4H2,1-2H3. The number of ether oxygens (including phenoxy) is 1. The summed E-state index contributed by atoms with van der Waals surface area (Å²) in [5, 5.41) is 8.92. The van der Waals surface area contributed by atoms with Gasteiger partial charge in [0.05, 0.1) is 19.1 Å². The number of hydrogen-bond donors (Lipinski definition) is 0. The Balaban J connectivity index is 2.15. The molecule has 3 heteroatoms. The predicted octanol–water partition coefficient (Wildman–Crippen LogP) is 1.59. The van der Waals surface area contributed by atoms with Crippen molar-refractivity contribution in [2.75, 3.05) is 7.11 Å². The highest BCUT2D eigenvalue weighted by Crippen LogP contribution is 2.55. The maximum Gasteiger partial charge on any atom is 0.309 e. The smallest absolute Gasteiger partial charge is 0.309 e. The summed E-state index contributed by atoms with van der Waals surface area (Å²) < 4.78 is 4.80. The monoisotopic (exact) mass is 193 g/mol. The number of rotatable bonds is 1. The molecule has 2 aliphatic carbocycles. The number of methoxy groups -OCH3 is 1. The molecule has 3 nitrogen and oxygen atoms in total. The van der Waals surface area contributed by atoms with E-state index in [2.05, 4.69) is 13.0 Å². The summed E-state index contributed by atoms with van der Waals surface area (Å²) in [6.45, 7) is 2.08. The van der Waals surface area contributed by atoms with Crippen LogP contribution in [0.4, 0.5) is 0 Å². The molecule has 0 aliphatic heterocycles. The Hall–Kier alpha value is -1.04. The van der Waals surface area contributed by atoms with Gasteiger partial charge in [-0.05, 0) is 30.6 Å². The molecule has 5 atom stereocenters. The van der Waals surface area contributed by atoms with E-state index in [0.29, 0.717) is 17.8 Å². The van der Waals surface area contributed by atoms with Gasteiger partial charge in [-0.25, -0.2) is 0 Å². The summed E-state index contributed by atoms with van der Waals surface area (Å²) in [7, 11) is 1.45. The molecular formula is C11H15NO2. The van der Waals surface area contributed by atoms with Crippen molar-refractivity contribution in [1.29, 1.82) is 5.26 Å². The lowest BCUT2D eigenvalue weighted by Crippen LogP contribution is -2.32. The fraction of sp³-hybridized carbons (Fsp3) is 0.818. The van der Waals surface area contributed by atoms with Gasteiger partial charge < -0.3 is 4.74 Å². The van der Waals surface area contributed by atoms with E-state index in [4.69, 9.17) is 10.00 Å². The molecule has 0 saturated heterocycles. The second kappa shape index (κ2) is 3.27. The summed E-state index contributed by atoms with van der Waals surface area (Å²) in [5.41, 5.74) is 0. The van der Waals surface area contributed by atoms with Crippen molar-refractivity contribution in [3.05, 3.63) is 0 Å². The largest absolute Gasteiger partial charge is 0.469 e. The molecule has 0 spiro atoms. The molecule has 2 rings (SSSR count). The zero-order valence-corrected chi connectivity index (χ0v) is 8.56. The van der Waals surface area contributed by atoms with Crippen molar-refractivity contribution in [3.63, 3.8) is 0 Å². The topological polar surface area (TPSA) is 50.1 Å². The van der Waals surface area contributed by atoms with Crippen molar-refractivity contribution in [3.8, 4) is 6.07 Å². The third-order valence-corrected chi connectivity index (χ3v) is 4.04. The molecule has 0 aromatic carbocycles. The Morgan fingerprint density at radius 2 is 2.21 bits per heavy atom. The molecule has 2 bridgehead atoms. The van der Waals surface area contributed by atoms with E-state index in [9.17, 15) is 4.79 Å². The molecule has 2 saturated carbocycles. The van der Waals surface area contributed by atoms with Crippen LogP contribution in [0.15, 0.2) is 0 Å². The molecule has 0 radical (unpaired) electrons. The van der Waals surface area contributed by atoms with Gasteiger partial charge in [-0.1, -0.05) is 6.92 Å². The van der Waals surface area contributed by atoms with Crippen molar-refractivity contribution in [1.82, 2.24) is 0 Å². The molecule has 0 amide bonds. The van der Waals surface area contributed by atoms with Crippen molar-refractivity contribution in [2.45, 2.75) is 19.8 Å². The Kier molecular flexibility index (Phi) is 2.22. The van der Waals surface area contributed by atoms with Crippen LogP contribution in [-0.4, -0.2) is 13.1 Å². The molecule has 0 N–H and O–H groups in total. The van der Waals surface area contributed by atoms with Crippen molar-refractivity contribution >= 4 is 5.97 Å². The zero-order chi connectivity index (χ0) is 10.3. The van der Waals surface area contributed by atoms with Crippen LogP contribution in [0.25, 0.3) is 0 Å². The summed E-state index contributed by atoms with van der Waals surface area (Å²) in [4.78, 5) is 11.5. The lowest BCUT2D eigenvalue weighted by molar-refractivity contribution is -0.149. The third kappa shape index (κ3) is 1.13. The van der Waals surface area contributed by atoms with Gasteiger partial charge in [-0.3, -0.25) is 4.79 Å². The minimum atomic E-state index is -0.0820. The van der Waals surface area contributed by atoms with E-state index in [-0.39, 0.29) is 17.8 Å². The van der Waals surface area contributed by atoms with Gasteiger partial charge in [-0.2, -0.15) is 5.26 Å². The summed E-state index contributed by atoms with van der Waals surface area (Å²) >= 11 is 0. The van der Waals surface area contributed by atoms with Gasteiger partial charge in [0.2, 0.25) is 0 Å². The normalized spacial score (nSPS) is 44.8. The minimum Gasteiger partial charge on any atom is -0.469 e. The van der Waals surface area contributed by atoms with Gasteiger partial charge in [0, 0.05) is 5.92 Å². The van der Waals surface area contributed by atoms with E-state index in [0.717, 1.165) is 12.8 Å². The molecule has 14 heavy (non-hydrogen) atoms. The lowest BCUT2D eigenvalue weighted by Gasteiger charge is -2.28. The molecule has 2 aliphatic rings. The van der Waals surface area contributed by atoms with E-state index in [1.165, 1.54) is 7.11 Å². The highest BCUT2D eigenvalue weighted by molar-refractivity contribution is 5.73. The SMILES string of the molecule is COC(=O)C1C2CC(C#N)C(C2)C1C. The summed E-state index contributed by atoms with van der Waals surface area (Å²) in [6, 6.07) is 2.35. The van der Waals surface area contributed by atoms with Crippen LogP contribution in [0.3, 0.4) is 0 Å². The summed E-state index contributed by atoms with van der Waals surface area (Å²) in [5.74, 6) is 1.29. The highest BCUT2D eigenvalue weighted by Gasteiger charge is 2.53. The van der Waals surface area contributed by atoms with Crippen LogP contribution in [0.2, 0.25) is 0 Å². The van der Waals surface area contributed by atoms with Crippen LogP contribution in [0.5, 0.6) is 0 Å². The second-order valence-electron chi connectivity index (χ2n) is 4.54. The Labute approximate surface area is 84.0 Å². The second-order valence-corrected chi connectivity index (χ2v) is 4.54. The number of esters is 1. The van der Waals surface area contributed by atoms with E-state index >= 15 is 0 Å².